The molecule has 0 amide bonds. The molecular formula is C15H16ClNO2. The molecule has 0 radical (unpaired) electrons. The minimum absolute atomic E-state index is 0.387. The number of fused-ring (bicyclic) bond motifs is 1. The Morgan fingerprint density at radius 3 is 2.84 bits per heavy atom. The molecule has 0 N–H and O–H groups in total. The monoisotopic (exact) mass is 277 g/mol. The topological polar surface area (TPSA) is 38.7 Å². The first kappa shape index (κ1) is 12.7. The summed E-state index contributed by atoms with van der Waals surface area (Å²) in [6, 6.07) is 1.93. The molecule has 1 fully saturated rings. The summed E-state index contributed by atoms with van der Waals surface area (Å²) in [5.74, 6) is 0.818. The Kier molecular flexibility index (Phi) is 3.12. The van der Waals surface area contributed by atoms with Gasteiger partial charge in [-0.3, -0.25) is 0 Å². The number of aliphatic imine (C=N–C) groups is 1. The van der Waals surface area contributed by atoms with Crippen LogP contribution in [0.15, 0.2) is 11.1 Å². The van der Waals surface area contributed by atoms with Crippen molar-refractivity contribution in [2.75, 3.05) is 6.61 Å². The maximum Gasteiger partial charge on any atom is 0.235 e. The lowest BCUT2D eigenvalue weighted by Gasteiger charge is -2.39. The molecule has 0 aromatic heterocycles. The average Bonchev–Trinajstić information content (AvgIpc) is 2.39. The van der Waals surface area contributed by atoms with Gasteiger partial charge in [-0.25, -0.2) is 4.79 Å². The molecule has 3 nitrogen and oxygen atoms in total. The third kappa shape index (κ3) is 1.89. The van der Waals surface area contributed by atoms with Gasteiger partial charge in [-0.2, -0.15) is 4.99 Å². The summed E-state index contributed by atoms with van der Waals surface area (Å²) in [5.41, 5.74) is 3.05. The predicted octanol–water partition coefficient (Wildman–Crippen LogP) is 3.69. The van der Waals surface area contributed by atoms with Crippen LogP contribution in [0, 0.1) is 6.92 Å². The number of isocyanates is 1. The van der Waals surface area contributed by atoms with Crippen LogP contribution < -0.4 is 4.74 Å². The van der Waals surface area contributed by atoms with Crippen LogP contribution in [-0.4, -0.2) is 12.7 Å². The first-order chi connectivity index (χ1) is 9.18. The first-order valence-corrected chi connectivity index (χ1v) is 7.10. The Labute approximate surface area is 117 Å². The van der Waals surface area contributed by atoms with Crippen LogP contribution in [0.25, 0.3) is 0 Å². The maximum absolute atomic E-state index is 10.7. The Hall–Kier alpha value is -1.31. The highest BCUT2D eigenvalue weighted by molar-refractivity contribution is 6.32. The fourth-order valence-corrected chi connectivity index (χ4v) is 3.46. The number of hydrogen-bond donors (Lipinski definition) is 0. The van der Waals surface area contributed by atoms with Gasteiger partial charge in [-0.15, -0.1) is 0 Å². The lowest BCUT2D eigenvalue weighted by molar-refractivity contribution is 0.252. The van der Waals surface area contributed by atoms with Gasteiger partial charge in [0.1, 0.15) is 5.75 Å². The van der Waals surface area contributed by atoms with E-state index in [4.69, 9.17) is 16.3 Å². The largest absolute Gasteiger partial charge is 0.492 e. The zero-order valence-corrected chi connectivity index (χ0v) is 11.7. The second-order valence-corrected chi connectivity index (χ2v) is 5.79. The smallest absolute Gasteiger partial charge is 0.235 e. The lowest BCUT2D eigenvalue weighted by Crippen LogP contribution is -2.33. The van der Waals surface area contributed by atoms with E-state index in [2.05, 4.69) is 11.9 Å². The van der Waals surface area contributed by atoms with Crippen LogP contribution >= 0.6 is 11.6 Å². The fourth-order valence-electron chi connectivity index (χ4n) is 3.18. The molecular weight excluding hydrogens is 262 g/mol. The molecule has 1 aliphatic carbocycles. The van der Waals surface area contributed by atoms with Gasteiger partial charge >= 0.3 is 0 Å². The normalized spacial score (nSPS) is 19.7. The molecule has 1 saturated carbocycles. The van der Waals surface area contributed by atoms with Gasteiger partial charge in [0.25, 0.3) is 0 Å². The molecule has 4 heteroatoms. The van der Waals surface area contributed by atoms with Crippen molar-refractivity contribution in [2.45, 2.75) is 44.6 Å². The van der Waals surface area contributed by atoms with Crippen molar-refractivity contribution in [3.05, 3.63) is 27.8 Å². The molecule has 0 atom stereocenters. The minimum Gasteiger partial charge on any atom is -0.492 e. The highest BCUT2D eigenvalue weighted by Crippen LogP contribution is 2.49. The van der Waals surface area contributed by atoms with Crippen LogP contribution in [0.2, 0.25) is 5.02 Å². The molecule has 19 heavy (non-hydrogen) atoms. The van der Waals surface area contributed by atoms with E-state index in [0.29, 0.717) is 5.02 Å². The van der Waals surface area contributed by atoms with Crippen LogP contribution in [0.4, 0.5) is 0 Å². The van der Waals surface area contributed by atoms with Gasteiger partial charge in [-0.1, -0.05) is 11.6 Å². The number of halogens is 1. The van der Waals surface area contributed by atoms with Crippen LogP contribution in [0.5, 0.6) is 5.75 Å². The summed E-state index contributed by atoms with van der Waals surface area (Å²) < 4.78 is 5.67. The van der Waals surface area contributed by atoms with Gasteiger partial charge in [-0.05, 0) is 61.8 Å². The quantitative estimate of drug-likeness (QED) is 0.611. The molecule has 2 aliphatic rings. The van der Waals surface area contributed by atoms with Gasteiger partial charge in [0.2, 0.25) is 6.08 Å². The predicted molar refractivity (Wildman–Crippen MR) is 73.7 cm³/mol. The summed E-state index contributed by atoms with van der Waals surface area (Å²) in [5, 5.41) is 0.641. The molecule has 1 aromatic carbocycles. The number of benzene rings is 1. The molecule has 1 heterocycles. The van der Waals surface area contributed by atoms with Crippen molar-refractivity contribution in [2.24, 2.45) is 4.99 Å². The van der Waals surface area contributed by atoms with Gasteiger partial charge in [0.05, 0.1) is 17.2 Å². The van der Waals surface area contributed by atoms with Crippen molar-refractivity contribution in [1.82, 2.24) is 0 Å². The van der Waals surface area contributed by atoms with Crippen LogP contribution in [0.3, 0.4) is 0 Å². The van der Waals surface area contributed by atoms with Crippen molar-refractivity contribution < 1.29 is 9.53 Å². The van der Waals surface area contributed by atoms with E-state index in [-0.39, 0.29) is 5.54 Å². The van der Waals surface area contributed by atoms with E-state index >= 15 is 0 Å². The maximum atomic E-state index is 10.7. The number of nitrogens with zero attached hydrogens (tertiary/aromatic N) is 1. The second kappa shape index (κ2) is 4.66. The third-order valence-corrected chi connectivity index (χ3v) is 4.66. The van der Waals surface area contributed by atoms with E-state index in [0.717, 1.165) is 50.0 Å². The zero-order chi connectivity index (χ0) is 13.5. The fraction of sp³-hybridized carbons (Fsp3) is 0.533. The Bertz CT molecular complexity index is 572. The van der Waals surface area contributed by atoms with Crippen LogP contribution in [-0.2, 0) is 16.8 Å². The first-order valence-electron chi connectivity index (χ1n) is 6.72. The Morgan fingerprint density at radius 2 is 2.21 bits per heavy atom. The number of rotatable bonds is 2. The molecule has 1 aromatic rings. The van der Waals surface area contributed by atoms with Gasteiger partial charge in [0.15, 0.2) is 0 Å². The summed E-state index contributed by atoms with van der Waals surface area (Å²) in [7, 11) is 0. The zero-order valence-electron chi connectivity index (χ0n) is 11.0. The standard InChI is InChI=1S/C15H16ClNO2/c1-10-11-4-2-7-19-14(11)13(16)8-12(10)15(17-9-18)5-3-6-15/h8H,2-7H2,1H3. The van der Waals surface area contributed by atoms with Crippen molar-refractivity contribution >= 4 is 17.7 Å². The molecule has 0 spiro atoms. The van der Waals surface area contributed by atoms with Gasteiger partial charge < -0.3 is 4.74 Å². The number of ether oxygens (including phenoxy) is 1. The van der Waals surface area contributed by atoms with E-state index < -0.39 is 0 Å². The summed E-state index contributed by atoms with van der Waals surface area (Å²) >= 11 is 6.34. The molecule has 0 saturated heterocycles. The molecule has 1 aliphatic heterocycles. The number of carbonyl (C=O) groups excluding carboxylic acids is 1. The third-order valence-electron chi connectivity index (χ3n) is 4.38. The van der Waals surface area contributed by atoms with E-state index in [1.54, 1.807) is 6.08 Å². The van der Waals surface area contributed by atoms with Gasteiger partial charge in [0, 0.05) is 0 Å². The second-order valence-electron chi connectivity index (χ2n) is 5.38. The summed E-state index contributed by atoms with van der Waals surface area (Å²) in [6.45, 7) is 2.81. The van der Waals surface area contributed by atoms with Crippen molar-refractivity contribution in [3.8, 4) is 5.75 Å². The van der Waals surface area contributed by atoms with E-state index in [1.165, 1.54) is 11.1 Å². The number of hydrogen-bond acceptors (Lipinski definition) is 3. The molecule has 3 rings (SSSR count). The van der Waals surface area contributed by atoms with Crippen LogP contribution in [0.1, 0.15) is 42.4 Å². The van der Waals surface area contributed by atoms with Crippen molar-refractivity contribution in [3.63, 3.8) is 0 Å². The highest BCUT2D eigenvalue weighted by atomic mass is 35.5. The SMILES string of the molecule is Cc1c(C2(N=C=O)CCC2)cc(Cl)c2c1CCCO2. The lowest BCUT2D eigenvalue weighted by atomic mass is 9.70. The Morgan fingerprint density at radius 1 is 1.42 bits per heavy atom. The van der Waals surface area contributed by atoms with E-state index in [9.17, 15) is 4.79 Å². The molecule has 0 unspecified atom stereocenters. The average molecular weight is 278 g/mol. The summed E-state index contributed by atoms with van der Waals surface area (Å²) in [6.07, 6.45) is 6.63. The minimum atomic E-state index is -0.387. The van der Waals surface area contributed by atoms with Crippen molar-refractivity contribution in [1.29, 1.82) is 0 Å². The molecule has 100 valence electrons. The molecule has 0 bridgehead atoms. The van der Waals surface area contributed by atoms with E-state index in [1.807, 2.05) is 6.07 Å². The summed E-state index contributed by atoms with van der Waals surface area (Å²) in [4.78, 5) is 14.8. The highest BCUT2D eigenvalue weighted by Gasteiger charge is 2.41. The Balaban J connectivity index is 2.17.